The van der Waals surface area contributed by atoms with Crippen LogP contribution >= 0.6 is 0 Å². The van der Waals surface area contributed by atoms with Gasteiger partial charge in [0.2, 0.25) is 5.82 Å². The number of rotatable bonds is 5. The van der Waals surface area contributed by atoms with Crippen LogP contribution in [0.1, 0.15) is 19.4 Å². The Morgan fingerprint density at radius 2 is 1.92 bits per heavy atom. The first-order chi connectivity index (χ1) is 12.0. The number of carbonyl (C=O) groups excluding carboxylic acids is 2. The second-order valence-electron chi connectivity index (χ2n) is 4.59. The molecule has 10 heteroatoms. The van der Waals surface area contributed by atoms with Gasteiger partial charge >= 0.3 is 17.9 Å². The van der Waals surface area contributed by atoms with Crippen LogP contribution in [0.25, 0.3) is 11.1 Å². The second-order valence-corrected chi connectivity index (χ2v) is 4.59. The van der Waals surface area contributed by atoms with E-state index in [9.17, 15) is 9.59 Å². The highest BCUT2D eigenvalue weighted by molar-refractivity contribution is 5.74. The van der Waals surface area contributed by atoms with E-state index in [1.165, 1.54) is 0 Å². The van der Waals surface area contributed by atoms with Crippen molar-refractivity contribution in [1.29, 1.82) is 0 Å². The smallest absolute Gasteiger partial charge is 0.433 e. The fraction of sp³-hybridized carbons (Fsp3) is 0.333. The first-order valence-electron chi connectivity index (χ1n) is 7.42. The van der Waals surface area contributed by atoms with Crippen molar-refractivity contribution >= 4 is 29.2 Å². The lowest BCUT2D eigenvalue weighted by molar-refractivity contribution is 0.0545. The van der Waals surface area contributed by atoms with Gasteiger partial charge in [-0.15, -0.1) is 0 Å². The Morgan fingerprint density at radius 1 is 1.20 bits per heavy atom. The fourth-order valence-corrected chi connectivity index (χ4v) is 1.71. The summed E-state index contributed by atoms with van der Waals surface area (Å²) in [6, 6.07) is 5.24. The van der Waals surface area contributed by atoms with Gasteiger partial charge in [-0.05, 0) is 43.6 Å². The number of nitrogens with one attached hydrogen (secondary N) is 1. The molecule has 2 aromatic rings. The zero-order valence-electron chi connectivity index (χ0n) is 13.9. The van der Waals surface area contributed by atoms with Crippen LogP contribution in [0.4, 0.5) is 15.4 Å². The van der Waals surface area contributed by atoms with Gasteiger partial charge in [-0.2, -0.15) is 5.48 Å². The molecule has 1 N–H and O–H groups in total. The van der Waals surface area contributed by atoms with Gasteiger partial charge in [0.05, 0.1) is 13.2 Å². The van der Waals surface area contributed by atoms with Crippen LogP contribution in [0.3, 0.4) is 0 Å². The van der Waals surface area contributed by atoms with Gasteiger partial charge in [0.1, 0.15) is 5.52 Å². The molecule has 0 bridgehead atoms. The van der Waals surface area contributed by atoms with E-state index in [2.05, 4.69) is 34.8 Å². The maximum atomic E-state index is 11.3. The van der Waals surface area contributed by atoms with Crippen molar-refractivity contribution < 1.29 is 33.2 Å². The zero-order chi connectivity index (χ0) is 18.2. The minimum atomic E-state index is -1.01. The summed E-state index contributed by atoms with van der Waals surface area (Å²) >= 11 is 0. The molecule has 0 radical (unpaired) electrons. The first-order valence-corrected chi connectivity index (χ1v) is 7.42. The summed E-state index contributed by atoms with van der Waals surface area (Å²) in [5.74, 6) is -0.0875. The quantitative estimate of drug-likeness (QED) is 0.492. The van der Waals surface area contributed by atoms with Crippen LogP contribution < -0.4 is 11.0 Å². The maximum Gasteiger partial charge on any atom is 0.535 e. The van der Waals surface area contributed by atoms with Crippen LogP contribution in [0.15, 0.2) is 27.8 Å². The number of hydrogen-bond acceptors (Lipinski definition) is 10. The monoisotopic (exact) mass is 351 g/mol. The summed E-state index contributed by atoms with van der Waals surface area (Å²) in [5, 5.41) is 3.52. The molecule has 0 saturated heterocycles. The molecule has 0 unspecified atom stereocenters. The number of anilines is 1. The van der Waals surface area contributed by atoms with Crippen molar-refractivity contribution in [2.75, 3.05) is 18.7 Å². The fourth-order valence-electron chi connectivity index (χ4n) is 1.71. The molecule has 2 rings (SSSR count). The predicted molar refractivity (Wildman–Crippen MR) is 84.1 cm³/mol. The number of aromatic nitrogens is 1. The lowest BCUT2D eigenvalue weighted by Gasteiger charge is -2.07. The summed E-state index contributed by atoms with van der Waals surface area (Å²) < 4.78 is 14.7. The Kier molecular flexibility index (Phi) is 6.15. The third-order valence-corrected chi connectivity index (χ3v) is 2.71. The lowest BCUT2D eigenvalue weighted by atomic mass is 10.2. The molecule has 1 aromatic heterocycles. The minimum absolute atomic E-state index is 0.0875. The number of ether oxygens (including phenoxy) is 2. The van der Waals surface area contributed by atoms with E-state index in [1.807, 2.05) is 13.0 Å². The molecule has 0 aliphatic carbocycles. The van der Waals surface area contributed by atoms with Crippen LogP contribution in [0.5, 0.6) is 0 Å². The molecular weight excluding hydrogens is 334 g/mol. The molecule has 0 aliphatic rings. The van der Waals surface area contributed by atoms with Gasteiger partial charge in [0, 0.05) is 0 Å². The SMILES string of the molecule is CCOC(=O)O/N=c1\oc2ccc(C)cc2nc1NOC(=O)OCC. The zero-order valence-corrected chi connectivity index (χ0v) is 13.9. The van der Waals surface area contributed by atoms with Crippen LogP contribution in [-0.2, 0) is 19.1 Å². The van der Waals surface area contributed by atoms with Gasteiger partial charge in [0.25, 0.3) is 0 Å². The van der Waals surface area contributed by atoms with Gasteiger partial charge in [-0.25, -0.2) is 14.6 Å². The molecule has 0 saturated carbocycles. The summed E-state index contributed by atoms with van der Waals surface area (Å²) in [7, 11) is 0. The highest BCUT2D eigenvalue weighted by Gasteiger charge is 2.11. The topological polar surface area (TPSA) is 121 Å². The molecule has 0 spiro atoms. The van der Waals surface area contributed by atoms with Gasteiger partial charge in [0.15, 0.2) is 5.58 Å². The molecule has 0 aliphatic heterocycles. The normalized spacial score (nSPS) is 11.1. The third kappa shape index (κ3) is 5.09. The molecule has 134 valence electrons. The Hall–Kier alpha value is -3.30. The highest BCUT2D eigenvalue weighted by atomic mass is 16.8. The first kappa shape index (κ1) is 18.0. The van der Waals surface area contributed by atoms with Gasteiger partial charge in [-0.3, -0.25) is 4.84 Å². The van der Waals surface area contributed by atoms with Crippen LogP contribution in [-0.4, -0.2) is 30.5 Å². The number of benzene rings is 1. The molecular formula is C15H17N3O7. The predicted octanol–water partition coefficient (Wildman–Crippen LogP) is 2.63. The molecule has 1 aromatic carbocycles. The van der Waals surface area contributed by atoms with E-state index >= 15 is 0 Å². The number of nitrogens with zero attached hydrogens (tertiary/aromatic N) is 2. The molecule has 25 heavy (non-hydrogen) atoms. The largest absolute Gasteiger partial charge is 0.535 e. The number of carbonyl (C=O) groups is 2. The highest BCUT2D eigenvalue weighted by Crippen LogP contribution is 2.14. The van der Waals surface area contributed by atoms with Gasteiger partial charge < -0.3 is 18.7 Å². The Labute approximate surface area is 142 Å². The number of hydrogen-bond donors (Lipinski definition) is 1. The van der Waals surface area contributed by atoms with E-state index in [4.69, 9.17) is 4.42 Å². The standard InChI is InChI=1S/C15H17N3O7/c1-4-21-14(19)24-17-12-13(18-25-15(20)22-5-2)23-11-7-6-9(3)8-10(11)16-12/h6-8H,4-5H2,1-3H3,(H,16,17)/b18-13-. The number of fused-ring (bicyclic) bond motifs is 1. The van der Waals surface area contributed by atoms with E-state index < -0.39 is 12.3 Å². The average Bonchev–Trinajstić information content (AvgIpc) is 2.58. The lowest BCUT2D eigenvalue weighted by Crippen LogP contribution is -2.19. The van der Waals surface area contributed by atoms with Crippen molar-refractivity contribution in [2.24, 2.45) is 5.16 Å². The molecule has 10 nitrogen and oxygen atoms in total. The maximum absolute atomic E-state index is 11.3. The van der Waals surface area contributed by atoms with Crippen molar-refractivity contribution in [2.45, 2.75) is 20.8 Å². The van der Waals surface area contributed by atoms with Crippen LogP contribution in [0, 0.1) is 6.92 Å². The van der Waals surface area contributed by atoms with E-state index in [0.717, 1.165) is 5.56 Å². The number of aryl methyl sites for hydroxylation is 1. The average molecular weight is 351 g/mol. The van der Waals surface area contributed by atoms with Crippen LogP contribution in [0.2, 0.25) is 0 Å². The van der Waals surface area contributed by atoms with Crippen molar-refractivity contribution in [3.8, 4) is 0 Å². The summed E-state index contributed by atoms with van der Waals surface area (Å²) in [4.78, 5) is 36.0. The van der Waals surface area contributed by atoms with E-state index in [1.54, 1.807) is 26.0 Å². The summed E-state index contributed by atoms with van der Waals surface area (Å²) in [5.41, 5.74) is 3.84. The second kappa shape index (κ2) is 8.52. The van der Waals surface area contributed by atoms with Crippen molar-refractivity contribution in [1.82, 2.24) is 4.98 Å². The van der Waals surface area contributed by atoms with Crippen molar-refractivity contribution in [3.63, 3.8) is 0 Å². The molecule has 0 fully saturated rings. The van der Waals surface area contributed by atoms with E-state index in [0.29, 0.717) is 11.1 Å². The summed E-state index contributed by atoms with van der Waals surface area (Å²) in [6.45, 7) is 5.38. The minimum Gasteiger partial charge on any atom is -0.433 e. The van der Waals surface area contributed by atoms with Crippen molar-refractivity contribution in [3.05, 3.63) is 29.3 Å². The van der Waals surface area contributed by atoms with Gasteiger partial charge in [-0.1, -0.05) is 6.07 Å². The molecule has 0 atom stereocenters. The Balaban J connectivity index is 2.36. The molecule has 0 amide bonds. The summed E-state index contributed by atoms with van der Waals surface area (Å²) in [6.07, 6.45) is -1.98. The molecule has 1 heterocycles. The Bertz CT molecular complexity index is 831. The third-order valence-electron chi connectivity index (χ3n) is 2.71. The Morgan fingerprint density at radius 3 is 2.64 bits per heavy atom. The van der Waals surface area contributed by atoms with E-state index in [-0.39, 0.29) is 24.6 Å².